The highest BCUT2D eigenvalue weighted by molar-refractivity contribution is 6.29. The molecule has 4 heteroatoms. The number of benzene rings is 10. The van der Waals surface area contributed by atoms with E-state index in [9.17, 15) is 0 Å². The molecule has 2 fully saturated rings. The van der Waals surface area contributed by atoms with Crippen LogP contribution in [-0.2, 0) is 0 Å². The minimum atomic E-state index is 0.631. The van der Waals surface area contributed by atoms with Crippen molar-refractivity contribution < 1.29 is 8.83 Å². The van der Waals surface area contributed by atoms with Gasteiger partial charge in [0, 0.05) is 43.7 Å². The molecule has 0 unspecified atom stereocenters. The molecule has 2 heterocycles. The number of aryl methyl sites for hydroxylation is 4. The number of fused-ring (bicyclic) bond motifs is 6. The maximum absolute atomic E-state index is 7.02. The van der Waals surface area contributed by atoms with Gasteiger partial charge in [0.15, 0.2) is 11.2 Å². The molecule has 2 aromatic heterocycles. The van der Waals surface area contributed by atoms with Crippen molar-refractivity contribution in [3.63, 3.8) is 0 Å². The van der Waals surface area contributed by atoms with Gasteiger partial charge in [0.1, 0.15) is 11.2 Å². The summed E-state index contributed by atoms with van der Waals surface area (Å²) in [5.74, 6) is 1.26. The summed E-state index contributed by atoms with van der Waals surface area (Å²) in [5.41, 5.74) is 17.9. The van der Waals surface area contributed by atoms with Gasteiger partial charge in [-0.25, -0.2) is 0 Å². The number of anilines is 6. The summed E-state index contributed by atoms with van der Waals surface area (Å²) in [6, 6.07) is 59.8. The van der Waals surface area contributed by atoms with Crippen molar-refractivity contribution in [1.82, 2.24) is 0 Å². The van der Waals surface area contributed by atoms with Gasteiger partial charge in [-0.05, 0) is 157 Å². The van der Waals surface area contributed by atoms with Gasteiger partial charge in [-0.3, -0.25) is 0 Å². The highest BCUT2D eigenvalue weighted by atomic mass is 16.3. The molecule has 10 aromatic carbocycles. The third kappa shape index (κ3) is 6.28. The van der Waals surface area contributed by atoms with Gasteiger partial charge in [0.25, 0.3) is 0 Å². The third-order valence-electron chi connectivity index (χ3n) is 16.6. The Morgan fingerprint density at radius 1 is 0.343 bits per heavy atom. The molecule has 70 heavy (non-hydrogen) atoms. The number of furan rings is 2. The molecule has 14 rings (SSSR count). The van der Waals surface area contributed by atoms with Crippen LogP contribution in [0.1, 0.15) is 96.6 Å². The highest BCUT2D eigenvalue weighted by Gasteiger charge is 2.29. The van der Waals surface area contributed by atoms with E-state index < -0.39 is 0 Å². The SMILES string of the molecule is Cc1ccc2c(oc3c(C)cccc32)c1N(c1ccc(C2CCCC2)cc1)c1ccc2ccc3c(N(c4ccc(C5CCCC5)cc4)c4c(C)ccc5c4oc4c(C)cccc45)ccc4ccc1c2c43. The van der Waals surface area contributed by atoms with Gasteiger partial charge in [-0.2, -0.15) is 0 Å². The molecule has 4 nitrogen and oxygen atoms in total. The first-order valence-corrected chi connectivity index (χ1v) is 25.7. The zero-order valence-corrected chi connectivity index (χ0v) is 40.5. The van der Waals surface area contributed by atoms with Crippen LogP contribution in [0.3, 0.4) is 0 Å². The summed E-state index contributed by atoms with van der Waals surface area (Å²) < 4.78 is 14.0. The zero-order valence-electron chi connectivity index (χ0n) is 40.5. The van der Waals surface area contributed by atoms with Crippen molar-refractivity contribution in [1.29, 1.82) is 0 Å². The number of rotatable bonds is 8. The second kappa shape index (κ2) is 16.0. The van der Waals surface area contributed by atoms with Gasteiger partial charge in [0.2, 0.25) is 0 Å². The standard InChI is InChI=1S/C66H56N2O2/c1-39-19-33-53-51-17-9-11-41(3)63(51)69-65(53)61(39)67(49-29-21-45(22-30-49)43-13-5-6-14-43)57-37-27-47-26-36-56-58(38-28-48-25-35-55(57)59(47)60(48)56)68(50-31-23-46(24-32-50)44-15-7-8-16-44)62-40(2)20-34-54-52-18-10-12-42(4)64(52)70-66(54)62/h9-12,17-38,43-44H,5-8,13-16H2,1-4H3. The molecule has 2 aliphatic carbocycles. The van der Waals surface area contributed by atoms with E-state index in [1.165, 1.54) is 94.8 Å². The first-order chi connectivity index (χ1) is 34.4. The summed E-state index contributed by atoms with van der Waals surface area (Å²) in [7, 11) is 0. The monoisotopic (exact) mass is 908 g/mol. The lowest BCUT2D eigenvalue weighted by Crippen LogP contribution is -2.13. The fraction of sp³-hybridized carbons (Fsp3) is 0.212. The Morgan fingerprint density at radius 2 is 0.714 bits per heavy atom. The van der Waals surface area contributed by atoms with E-state index in [2.05, 4.69) is 195 Å². The number of nitrogens with zero attached hydrogens (tertiary/aromatic N) is 2. The maximum atomic E-state index is 7.02. The van der Waals surface area contributed by atoms with Gasteiger partial charge in [-0.15, -0.1) is 0 Å². The molecule has 0 N–H and O–H groups in total. The molecule has 0 amide bonds. The van der Waals surface area contributed by atoms with Crippen molar-refractivity contribution in [2.24, 2.45) is 0 Å². The summed E-state index contributed by atoms with van der Waals surface area (Å²) >= 11 is 0. The van der Waals surface area contributed by atoms with Crippen LogP contribution in [0.2, 0.25) is 0 Å². The summed E-state index contributed by atoms with van der Waals surface area (Å²) in [6.07, 6.45) is 10.3. The quantitative estimate of drug-likeness (QED) is 0.142. The number of hydrogen-bond acceptors (Lipinski definition) is 4. The first kappa shape index (κ1) is 41.4. The van der Waals surface area contributed by atoms with Crippen LogP contribution in [0.15, 0.2) is 167 Å². The van der Waals surface area contributed by atoms with Gasteiger partial charge < -0.3 is 18.6 Å². The van der Waals surface area contributed by atoms with Crippen molar-refractivity contribution in [2.75, 3.05) is 9.80 Å². The zero-order chi connectivity index (χ0) is 46.8. The van der Waals surface area contributed by atoms with Crippen LogP contribution in [0.5, 0.6) is 0 Å². The van der Waals surface area contributed by atoms with E-state index in [1.807, 2.05) is 0 Å². The fourth-order valence-corrected chi connectivity index (χ4v) is 13.0. The van der Waals surface area contributed by atoms with Gasteiger partial charge in [-0.1, -0.05) is 147 Å². The third-order valence-corrected chi connectivity index (χ3v) is 16.6. The Labute approximate surface area is 409 Å². The molecule has 0 spiro atoms. The predicted octanol–water partition coefficient (Wildman–Crippen LogP) is 19.9. The van der Waals surface area contributed by atoms with Crippen LogP contribution in [0, 0.1) is 27.7 Å². The molecule has 0 aliphatic heterocycles. The van der Waals surface area contributed by atoms with Crippen LogP contribution >= 0.6 is 0 Å². The van der Waals surface area contributed by atoms with E-state index in [0.717, 1.165) is 100 Å². The summed E-state index contributed by atoms with van der Waals surface area (Å²) in [5, 5.41) is 11.9. The highest BCUT2D eigenvalue weighted by Crippen LogP contribution is 2.52. The van der Waals surface area contributed by atoms with Gasteiger partial charge in [0.05, 0.1) is 22.7 Å². The molecule has 12 aromatic rings. The smallest absolute Gasteiger partial charge is 0.159 e. The van der Waals surface area contributed by atoms with Crippen LogP contribution < -0.4 is 9.80 Å². The predicted molar refractivity (Wildman–Crippen MR) is 295 cm³/mol. The number of para-hydroxylation sites is 2. The summed E-state index contributed by atoms with van der Waals surface area (Å²) in [4.78, 5) is 4.98. The maximum Gasteiger partial charge on any atom is 0.159 e. The van der Waals surface area contributed by atoms with E-state index >= 15 is 0 Å². The Bertz CT molecular complexity index is 3750. The molecule has 0 radical (unpaired) electrons. The molecule has 2 saturated carbocycles. The molecule has 2 aliphatic rings. The van der Waals surface area contributed by atoms with E-state index in [1.54, 1.807) is 0 Å². The minimum absolute atomic E-state index is 0.631. The lowest BCUT2D eigenvalue weighted by atomic mass is 9.91. The van der Waals surface area contributed by atoms with Crippen LogP contribution in [0.25, 0.3) is 76.2 Å². The fourth-order valence-electron chi connectivity index (χ4n) is 13.0. The van der Waals surface area contributed by atoms with Crippen molar-refractivity contribution in [3.8, 4) is 0 Å². The van der Waals surface area contributed by atoms with Crippen molar-refractivity contribution >= 4 is 110 Å². The van der Waals surface area contributed by atoms with Crippen LogP contribution in [-0.4, -0.2) is 0 Å². The first-order valence-electron chi connectivity index (χ1n) is 25.7. The second-order valence-corrected chi connectivity index (χ2v) is 20.7. The minimum Gasteiger partial charge on any atom is -0.454 e. The summed E-state index contributed by atoms with van der Waals surface area (Å²) in [6.45, 7) is 8.77. The van der Waals surface area contributed by atoms with Crippen molar-refractivity contribution in [2.45, 2.75) is 90.9 Å². The van der Waals surface area contributed by atoms with Crippen LogP contribution in [0.4, 0.5) is 34.1 Å². The number of hydrogen-bond donors (Lipinski definition) is 0. The lowest BCUT2D eigenvalue weighted by molar-refractivity contribution is 0.665. The lowest BCUT2D eigenvalue weighted by Gasteiger charge is -2.30. The average Bonchev–Trinajstić information content (AvgIpc) is 4.24. The van der Waals surface area contributed by atoms with Crippen molar-refractivity contribution in [3.05, 3.63) is 191 Å². The van der Waals surface area contributed by atoms with E-state index in [4.69, 9.17) is 8.83 Å². The van der Waals surface area contributed by atoms with E-state index in [-0.39, 0.29) is 0 Å². The Balaban J connectivity index is 1.02. The molecular weight excluding hydrogens is 853 g/mol. The molecule has 0 atom stereocenters. The Kier molecular flexibility index (Phi) is 9.47. The molecule has 0 saturated heterocycles. The topological polar surface area (TPSA) is 32.8 Å². The Hall–Kier alpha value is -7.56. The largest absolute Gasteiger partial charge is 0.454 e. The molecular formula is C66H56N2O2. The van der Waals surface area contributed by atoms with E-state index in [0.29, 0.717) is 11.8 Å². The Morgan fingerprint density at radius 3 is 1.13 bits per heavy atom. The normalized spacial score (nSPS) is 14.9. The second-order valence-electron chi connectivity index (χ2n) is 20.7. The molecule has 0 bridgehead atoms. The molecule has 342 valence electrons. The average molecular weight is 909 g/mol. The van der Waals surface area contributed by atoms with Gasteiger partial charge >= 0.3 is 0 Å².